The van der Waals surface area contributed by atoms with Crippen LogP contribution in [-0.4, -0.2) is 47.1 Å². The summed E-state index contributed by atoms with van der Waals surface area (Å²) in [4.78, 5) is 19.2. The highest BCUT2D eigenvalue weighted by Crippen LogP contribution is 2.42. The summed E-state index contributed by atoms with van der Waals surface area (Å²) in [7, 11) is 2.05. The minimum atomic E-state index is -2.34. The van der Waals surface area contributed by atoms with E-state index in [9.17, 15) is 31.9 Å². The molecule has 12 heteroatoms. The molecule has 1 amide bonds. The number of hydrogen-bond donors (Lipinski definition) is 2. The molecule has 0 spiro atoms. The highest BCUT2D eigenvalue weighted by Gasteiger charge is 2.39. The first kappa shape index (κ1) is 37.7. The SMILES string of the molecule is C[C@H]1[C@@H](CN(C)CCc2ccccn2)O[C@@H](c2cccc(-c3cccc(CNC(=O)c4c(F)c(F)c(F)c(F)c4F)c3)c2)O[C@H]1c1ccc(CO)cc1. The van der Waals surface area contributed by atoms with Gasteiger partial charge in [0, 0.05) is 49.4 Å². The van der Waals surface area contributed by atoms with Gasteiger partial charge in [-0.25, -0.2) is 22.0 Å². The van der Waals surface area contributed by atoms with Crippen molar-refractivity contribution >= 4 is 5.91 Å². The Kier molecular flexibility index (Phi) is 11.9. The van der Waals surface area contributed by atoms with Crippen LogP contribution in [0.25, 0.3) is 11.1 Å². The number of aromatic nitrogens is 1. The van der Waals surface area contributed by atoms with Crippen LogP contribution in [0.2, 0.25) is 0 Å². The molecule has 1 saturated heterocycles. The number of pyridine rings is 1. The summed E-state index contributed by atoms with van der Waals surface area (Å²) in [5, 5.41) is 11.8. The van der Waals surface area contributed by atoms with Crippen LogP contribution in [0.3, 0.4) is 0 Å². The van der Waals surface area contributed by atoms with E-state index in [1.54, 1.807) is 24.4 Å². The lowest BCUT2D eigenvalue weighted by Crippen LogP contribution is -2.43. The van der Waals surface area contributed by atoms with E-state index in [0.717, 1.165) is 46.5 Å². The fraction of sp³-hybridized carbons (Fsp3) is 0.268. The number of nitrogens with zero attached hydrogens (tertiary/aromatic N) is 2. The molecule has 5 aromatic rings. The lowest BCUT2D eigenvalue weighted by atomic mass is 9.90. The van der Waals surface area contributed by atoms with Gasteiger partial charge in [-0.3, -0.25) is 9.78 Å². The highest BCUT2D eigenvalue weighted by molar-refractivity contribution is 5.94. The molecular weight excluding hydrogens is 693 g/mol. The summed E-state index contributed by atoms with van der Waals surface area (Å²) < 4.78 is 82.5. The Hall–Kier alpha value is -5.01. The average Bonchev–Trinajstić information content (AvgIpc) is 3.19. The van der Waals surface area contributed by atoms with Crippen LogP contribution in [0.4, 0.5) is 22.0 Å². The monoisotopic (exact) mass is 731 g/mol. The Balaban J connectivity index is 1.20. The maximum Gasteiger partial charge on any atom is 0.257 e. The third-order valence-electron chi connectivity index (χ3n) is 9.40. The second kappa shape index (κ2) is 16.8. The number of benzene rings is 4. The number of rotatable bonds is 12. The molecule has 276 valence electrons. The predicted molar refractivity (Wildman–Crippen MR) is 188 cm³/mol. The first-order valence-electron chi connectivity index (χ1n) is 17.1. The molecule has 1 aliphatic heterocycles. The molecule has 0 aliphatic carbocycles. The van der Waals surface area contributed by atoms with Crippen LogP contribution >= 0.6 is 0 Å². The summed E-state index contributed by atoms with van der Waals surface area (Å²) in [5.41, 5.74) is 4.01. The summed E-state index contributed by atoms with van der Waals surface area (Å²) in [6.07, 6.45) is 1.31. The molecule has 4 aromatic carbocycles. The Labute approximate surface area is 304 Å². The van der Waals surface area contributed by atoms with Gasteiger partial charge in [0.1, 0.15) is 5.56 Å². The third-order valence-corrected chi connectivity index (χ3v) is 9.40. The van der Waals surface area contributed by atoms with Crippen molar-refractivity contribution < 1.29 is 41.3 Å². The zero-order valence-corrected chi connectivity index (χ0v) is 29.0. The normalized spacial score (nSPS) is 18.7. The van der Waals surface area contributed by atoms with E-state index < -0.39 is 46.8 Å². The van der Waals surface area contributed by atoms with Crippen molar-refractivity contribution in [2.24, 2.45) is 5.92 Å². The first-order valence-corrected chi connectivity index (χ1v) is 17.1. The van der Waals surface area contributed by atoms with Gasteiger partial charge in [-0.1, -0.05) is 73.7 Å². The van der Waals surface area contributed by atoms with Gasteiger partial charge >= 0.3 is 0 Å². The molecular formula is C41H38F5N3O4. The fourth-order valence-electron chi connectivity index (χ4n) is 6.38. The van der Waals surface area contributed by atoms with E-state index in [2.05, 4.69) is 22.1 Å². The molecule has 2 N–H and O–H groups in total. The minimum absolute atomic E-state index is 0.0246. The van der Waals surface area contributed by atoms with Crippen LogP contribution in [0.15, 0.2) is 97.2 Å². The molecule has 53 heavy (non-hydrogen) atoms. The largest absolute Gasteiger partial charge is 0.392 e. The van der Waals surface area contributed by atoms with E-state index in [-0.39, 0.29) is 31.3 Å². The van der Waals surface area contributed by atoms with Gasteiger partial charge in [0.25, 0.3) is 5.91 Å². The number of ether oxygens (including phenoxy) is 2. The molecule has 1 fully saturated rings. The summed E-state index contributed by atoms with van der Waals surface area (Å²) in [5.74, 6) is -12.6. The number of likely N-dealkylation sites (N-methyl/N-ethyl adjacent to an activating group) is 1. The second-order valence-electron chi connectivity index (χ2n) is 13.1. The number of nitrogens with one attached hydrogen (secondary N) is 1. The molecule has 6 rings (SSSR count). The lowest BCUT2D eigenvalue weighted by molar-refractivity contribution is -0.275. The van der Waals surface area contributed by atoms with E-state index in [0.29, 0.717) is 12.1 Å². The molecule has 0 bridgehead atoms. The van der Waals surface area contributed by atoms with Gasteiger partial charge in [-0.05, 0) is 59.1 Å². The van der Waals surface area contributed by atoms with Gasteiger partial charge in [0.05, 0.1) is 18.8 Å². The van der Waals surface area contributed by atoms with Crippen LogP contribution in [0, 0.1) is 35.0 Å². The van der Waals surface area contributed by atoms with Crippen molar-refractivity contribution in [2.75, 3.05) is 20.1 Å². The number of aliphatic hydroxyl groups is 1. The zero-order chi connectivity index (χ0) is 37.6. The van der Waals surface area contributed by atoms with E-state index in [1.165, 1.54) is 0 Å². The summed E-state index contributed by atoms with van der Waals surface area (Å²) in [6.45, 7) is 3.20. The van der Waals surface area contributed by atoms with Crippen molar-refractivity contribution in [3.63, 3.8) is 0 Å². The zero-order valence-electron chi connectivity index (χ0n) is 29.0. The number of carbonyl (C=O) groups excluding carboxylic acids is 1. The Morgan fingerprint density at radius 1 is 0.792 bits per heavy atom. The van der Waals surface area contributed by atoms with E-state index >= 15 is 0 Å². The second-order valence-corrected chi connectivity index (χ2v) is 13.1. The van der Waals surface area contributed by atoms with Gasteiger partial charge in [0.2, 0.25) is 5.82 Å². The van der Waals surface area contributed by atoms with Crippen molar-refractivity contribution in [3.05, 3.63) is 160 Å². The molecule has 0 radical (unpaired) electrons. The van der Waals surface area contributed by atoms with Crippen LogP contribution in [0.1, 0.15) is 57.6 Å². The maximum atomic E-state index is 14.2. The predicted octanol–water partition coefficient (Wildman–Crippen LogP) is 7.83. The van der Waals surface area contributed by atoms with Crippen LogP contribution in [0.5, 0.6) is 0 Å². The molecule has 4 atom stereocenters. The smallest absolute Gasteiger partial charge is 0.257 e. The van der Waals surface area contributed by atoms with Crippen molar-refractivity contribution in [3.8, 4) is 11.1 Å². The van der Waals surface area contributed by atoms with Gasteiger partial charge < -0.3 is 24.8 Å². The minimum Gasteiger partial charge on any atom is -0.392 e. The van der Waals surface area contributed by atoms with Crippen LogP contribution < -0.4 is 5.32 Å². The Morgan fingerprint density at radius 2 is 1.47 bits per heavy atom. The van der Waals surface area contributed by atoms with E-state index in [4.69, 9.17) is 9.47 Å². The van der Waals surface area contributed by atoms with E-state index in [1.807, 2.05) is 79.8 Å². The topological polar surface area (TPSA) is 83.9 Å². The molecule has 1 aromatic heterocycles. The molecule has 0 saturated carbocycles. The Bertz CT molecular complexity index is 2020. The van der Waals surface area contributed by atoms with Gasteiger partial charge in [-0.2, -0.15) is 0 Å². The average molecular weight is 732 g/mol. The molecule has 1 aliphatic rings. The fourth-order valence-corrected chi connectivity index (χ4v) is 6.38. The molecule has 7 nitrogen and oxygen atoms in total. The lowest BCUT2D eigenvalue weighted by Gasteiger charge is -2.42. The number of carbonyl (C=O) groups is 1. The number of amides is 1. The maximum absolute atomic E-state index is 14.2. The summed E-state index contributed by atoms with van der Waals surface area (Å²) >= 11 is 0. The third kappa shape index (κ3) is 8.63. The highest BCUT2D eigenvalue weighted by atomic mass is 19.2. The molecule has 2 heterocycles. The Morgan fingerprint density at radius 3 is 2.15 bits per heavy atom. The first-order chi connectivity index (χ1) is 25.5. The van der Waals surface area contributed by atoms with Crippen molar-refractivity contribution in [2.45, 2.75) is 45.0 Å². The number of hydrogen-bond acceptors (Lipinski definition) is 6. The summed E-state index contributed by atoms with van der Waals surface area (Å²) in [6, 6.07) is 28.1. The van der Waals surface area contributed by atoms with Gasteiger partial charge in [0.15, 0.2) is 29.6 Å². The van der Waals surface area contributed by atoms with Crippen molar-refractivity contribution in [1.82, 2.24) is 15.2 Å². The standard InChI is InChI=1S/C41H38F5N3O4/c1-24-32(22-49(2)18-16-31-11-3-4-17-47-31)52-41(53-39(24)27-14-12-25(23-50)13-15-27)30-10-6-9-29(20-30)28-8-5-7-26(19-28)21-48-40(51)33-34(42)36(44)38(46)37(45)35(33)43/h3-15,17,19-20,24,32,39,41,50H,16,18,21-23H2,1-2H3,(H,48,51)/t24-,32+,39+,41+/m0/s1. The van der Waals surface area contributed by atoms with Crippen molar-refractivity contribution in [1.29, 1.82) is 0 Å². The number of aliphatic hydroxyl groups excluding tert-OH is 1. The van der Waals surface area contributed by atoms with Gasteiger partial charge in [-0.15, -0.1) is 0 Å². The quantitative estimate of drug-likeness (QED) is 0.0774. The number of halogens is 5. The van der Waals surface area contributed by atoms with Crippen LogP contribution in [-0.2, 0) is 29.0 Å². The molecule has 0 unspecified atom stereocenters.